The van der Waals surface area contributed by atoms with Crippen LogP contribution in [0.25, 0.3) is 0 Å². The molecule has 5 rings (SSSR count). The van der Waals surface area contributed by atoms with Crippen LogP contribution in [0.4, 0.5) is 0 Å². The molecule has 1 aromatic carbocycles. The molecule has 3 saturated carbocycles. The summed E-state index contributed by atoms with van der Waals surface area (Å²) >= 11 is 0. The number of rotatable bonds is 1. The molecule has 0 aromatic heterocycles. The molecule has 4 aliphatic carbocycles. The van der Waals surface area contributed by atoms with Gasteiger partial charge in [0, 0.05) is 0 Å². The third kappa shape index (κ3) is 1.95. The minimum atomic E-state index is -0.0752. The van der Waals surface area contributed by atoms with E-state index >= 15 is 0 Å². The van der Waals surface area contributed by atoms with E-state index in [1.165, 1.54) is 56.9 Å². The highest BCUT2D eigenvalue weighted by molar-refractivity contribution is 5.41. The molecular weight excluding hydrogens is 308 g/mol. The van der Waals surface area contributed by atoms with Crippen molar-refractivity contribution in [1.82, 2.24) is 0 Å². The van der Waals surface area contributed by atoms with Gasteiger partial charge in [-0.05, 0) is 96.8 Å². The zero-order valence-corrected chi connectivity index (χ0v) is 15.8. The molecule has 0 heterocycles. The molecule has 4 aliphatic rings. The van der Waals surface area contributed by atoms with Gasteiger partial charge in [-0.15, -0.1) is 0 Å². The maximum Gasteiger partial charge on any atom is 0.119 e. The molecular formula is C23H32O2. The smallest absolute Gasteiger partial charge is 0.119 e. The normalized spacial score (nSPS) is 45.1. The van der Waals surface area contributed by atoms with Crippen molar-refractivity contribution in [3.05, 3.63) is 29.3 Å². The number of fused-ring (bicyclic) bond motifs is 3. The SMILES string of the molecule is COc1ccc2c(c1)CC[C@@H]1[C@@H]2CC[C@]2(C)[C@H](O)C[C@@H]3CCCC[C@@]312. The van der Waals surface area contributed by atoms with Crippen molar-refractivity contribution >= 4 is 0 Å². The van der Waals surface area contributed by atoms with Crippen LogP contribution < -0.4 is 4.74 Å². The summed E-state index contributed by atoms with van der Waals surface area (Å²) in [6.07, 6.45) is 11.4. The maximum absolute atomic E-state index is 11.0. The first-order valence-corrected chi connectivity index (χ1v) is 10.4. The van der Waals surface area contributed by atoms with Crippen LogP contribution in [-0.4, -0.2) is 18.3 Å². The van der Waals surface area contributed by atoms with Crippen LogP contribution >= 0.6 is 0 Å². The lowest BCUT2D eigenvalue weighted by Gasteiger charge is -2.61. The summed E-state index contributed by atoms with van der Waals surface area (Å²) in [4.78, 5) is 0. The number of aliphatic hydroxyl groups is 1. The Bertz CT molecular complexity index is 683. The Balaban J connectivity index is 1.60. The molecule has 0 radical (unpaired) electrons. The predicted octanol–water partition coefficient (Wildman–Crippen LogP) is 5.08. The van der Waals surface area contributed by atoms with Crippen molar-refractivity contribution in [2.75, 3.05) is 7.11 Å². The number of ether oxygens (including phenoxy) is 1. The molecule has 0 amide bonds. The maximum atomic E-state index is 11.0. The number of hydrogen-bond donors (Lipinski definition) is 1. The fraction of sp³-hybridized carbons (Fsp3) is 0.739. The minimum absolute atomic E-state index is 0.0752. The molecule has 0 bridgehead atoms. The fourth-order valence-electron chi connectivity index (χ4n) is 7.95. The van der Waals surface area contributed by atoms with Gasteiger partial charge in [0.15, 0.2) is 0 Å². The van der Waals surface area contributed by atoms with Crippen LogP contribution in [0, 0.1) is 22.7 Å². The van der Waals surface area contributed by atoms with Gasteiger partial charge in [-0.2, -0.15) is 0 Å². The van der Waals surface area contributed by atoms with Gasteiger partial charge >= 0.3 is 0 Å². The van der Waals surface area contributed by atoms with E-state index in [1.54, 1.807) is 12.7 Å². The lowest BCUT2D eigenvalue weighted by Crippen LogP contribution is -2.55. The average molecular weight is 341 g/mol. The van der Waals surface area contributed by atoms with Crippen molar-refractivity contribution in [1.29, 1.82) is 0 Å². The first-order valence-electron chi connectivity index (χ1n) is 10.4. The summed E-state index contributed by atoms with van der Waals surface area (Å²) in [6, 6.07) is 6.79. The fourth-order valence-corrected chi connectivity index (χ4v) is 7.95. The van der Waals surface area contributed by atoms with E-state index in [4.69, 9.17) is 4.74 Å². The molecule has 0 saturated heterocycles. The highest BCUT2D eigenvalue weighted by Gasteiger charge is 2.68. The van der Waals surface area contributed by atoms with Gasteiger partial charge in [-0.25, -0.2) is 0 Å². The largest absolute Gasteiger partial charge is 0.497 e. The summed E-state index contributed by atoms with van der Waals surface area (Å²) in [5.41, 5.74) is 3.67. The van der Waals surface area contributed by atoms with Crippen LogP contribution in [0.15, 0.2) is 18.2 Å². The van der Waals surface area contributed by atoms with E-state index in [2.05, 4.69) is 25.1 Å². The van der Waals surface area contributed by atoms with Gasteiger partial charge in [-0.3, -0.25) is 0 Å². The molecule has 2 nitrogen and oxygen atoms in total. The lowest BCUT2D eigenvalue weighted by atomic mass is 9.43. The molecule has 0 unspecified atom stereocenters. The van der Waals surface area contributed by atoms with Crippen LogP contribution in [0.3, 0.4) is 0 Å². The van der Waals surface area contributed by atoms with Gasteiger partial charge in [0.25, 0.3) is 0 Å². The Morgan fingerprint density at radius 3 is 2.84 bits per heavy atom. The Kier molecular flexibility index (Phi) is 3.55. The highest BCUT2D eigenvalue weighted by Crippen LogP contribution is 2.73. The van der Waals surface area contributed by atoms with E-state index in [-0.39, 0.29) is 11.5 Å². The Morgan fingerprint density at radius 2 is 2.00 bits per heavy atom. The molecule has 1 aromatic rings. The molecule has 2 heteroatoms. The molecule has 3 fully saturated rings. The number of hydrogen-bond acceptors (Lipinski definition) is 2. The van der Waals surface area contributed by atoms with Crippen LogP contribution in [0.1, 0.15) is 75.3 Å². The van der Waals surface area contributed by atoms with E-state index in [9.17, 15) is 5.11 Å². The average Bonchev–Trinajstić information content (AvgIpc) is 2.88. The third-order valence-electron chi connectivity index (χ3n) is 9.02. The zero-order valence-electron chi connectivity index (χ0n) is 15.8. The van der Waals surface area contributed by atoms with Crippen molar-refractivity contribution in [2.45, 2.75) is 76.7 Å². The molecule has 0 aliphatic heterocycles. The van der Waals surface area contributed by atoms with E-state index in [0.717, 1.165) is 24.0 Å². The van der Waals surface area contributed by atoms with Crippen molar-refractivity contribution < 1.29 is 9.84 Å². The standard InChI is InChI=1S/C23H32O2/c1-22-12-10-19-18-8-7-17(25-2)13-15(18)6-9-20(19)23(22)11-4-3-5-16(23)14-21(22)24/h7-8,13,16,19-21,24H,3-6,9-12,14H2,1-2H3/t16-,19+,20+,21+,22+,23+/m0/s1. The topological polar surface area (TPSA) is 29.5 Å². The molecule has 6 atom stereocenters. The lowest BCUT2D eigenvalue weighted by molar-refractivity contribution is -0.126. The molecule has 25 heavy (non-hydrogen) atoms. The molecule has 1 N–H and O–H groups in total. The summed E-state index contributed by atoms with van der Waals surface area (Å²) in [5.74, 6) is 3.24. The van der Waals surface area contributed by atoms with E-state index in [0.29, 0.717) is 11.3 Å². The van der Waals surface area contributed by atoms with Crippen molar-refractivity contribution in [2.24, 2.45) is 22.7 Å². The van der Waals surface area contributed by atoms with Crippen molar-refractivity contribution in [3.63, 3.8) is 0 Å². The first kappa shape index (κ1) is 16.2. The number of benzene rings is 1. The highest BCUT2D eigenvalue weighted by atomic mass is 16.5. The van der Waals surface area contributed by atoms with E-state index < -0.39 is 0 Å². The predicted molar refractivity (Wildman–Crippen MR) is 99.9 cm³/mol. The number of methoxy groups -OCH3 is 1. The second kappa shape index (κ2) is 5.49. The van der Waals surface area contributed by atoms with Crippen LogP contribution in [-0.2, 0) is 6.42 Å². The number of aliphatic hydroxyl groups excluding tert-OH is 1. The minimum Gasteiger partial charge on any atom is -0.497 e. The van der Waals surface area contributed by atoms with Gasteiger partial charge < -0.3 is 9.84 Å². The summed E-state index contributed by atoms with van der Waals surface area (Å²) < 4.78 is 5.47. The van der Waals surface area contributed by atoms with Gasteiger partial charge in [0.1, 0.15) is 5.75 Å². The Labute approximate surface area is 152 Å². The summed E-state index contributed by atoms with van der Waals surface area (Å²) in [6.45, 7) is 2.45. The monoisotopic (exact) mass is 340 g/mol. The van der Waals surface area contributed by atoms with Crippen LogP contribution in [0.5, 0.6) is 5.75 Å². The van der Waals surface area contributed by atoms with Crippen LogP contribution in [0.2, 0.25) is 0 Å². The third-order valence-corrected chi connectivity index (χ3v) is 9.02. The Hall–Kier alpha value is -1.02. The summed E-state index contributed by atoms with van der Waals surface area (Å²) in [5, 5.41) is 11.0. The van der Waals surface area contributed by atoms with E-state index in [1.807, 2.05) is 0 Å². The van der Waals surface area contributed by atoms with Crippen molar-refractivity contribution in [3.8, 4) is 5.75 Å². The van der Waals surface area contributed by atoms with Gasteiger partial charge in [-0.1, -0.05) is 25.8 Å². The zero-order chi connectivity index (χ0) is 17.2. The summed E-state index contributed by atoms with van der Waals surface area (Å²) in [7, 11) is 1.77. The number of aryl methyl sites for hydroxylation is 1. The Morgan fingerprint density at radius 1 is 1.12 bits per heavy atom. The molecule has 1 spiro atoms. The molecule has 136 valence electrons. The van der Waals surface area contributed by atoms with Gasteiger partial charge in [0.2, 0.25) is 0 Å². The first-order chi connectivity index (χ1) is 12.1. The van der Waals surface area contributed by atoms with Gasteiger partial charge in [0.05, 0.1) is 13.2 Å². The second-order valence-electron chi connectivity index (χ2n) is 9.51. The quantitative estimate of drug-likeness (QED) is 0.772. The second-order valence-corrected chi connectivity index (χ2v) is 9.51.